The van der Waals surface area contributed by atoms with Gasteiger partial charge in [0.2, 0.25) is 0 Å². The van der Waals surface area contributed by atoms with Gasteiger partial charge >= 0.3 is 0 Å². The van der Waals surface area contributed by atoms with Crippen LogP contribution in [0.25, 0.3) is 17.0 Å². The minimum atomic E-state index is 0.513. The zero-order valence-electron chi connectivity index (χ0n) is 9.14. The largest absolute Gasteiger partial charge is 0.398 e. The summed E-state index contributed by atoms with van der Waals surface area (Å²) in [5.74, 6) is 0.730. The average molecular weight is 324 g/mol. The highest BCUT2D eigenvalue weighted by Crippen LogP contribution is 2.26. The van der Waals surface area contributed by atoms with Crippen molar-refractivity contribution in [3.05, 3.63) is 46.0 Å². The summed E-state index contributed by atoms with van der Waals surface area (Å²) in [5, 5.41) is 8.79. The highest BCUT2D eigenvalue weighted by molar-refractivity contribution is 9.10. The van der Waals surface area contributed by atoms with Gasteiger partial charge in [0.1, 0.15) is 0 Å². The highest BCUT2D eigenvalue weighted by atomic mass is 79.9. The topological polar surface area (TPSA) is 56.2 Å². The summed E-state index contributed by atoms with van der Waals surface area (Å²) in [6.07, 6.45) is 1.91. The fourth-order valence-corrected chi connectivity index (χ4v) is 2.25. The third-order valence-electron chi connectivity index (χ3n) is 2.62. The molecule has 4 nitrogen and oxygen atoms in total. The molecule has 3 aromatic rings. The van der Waals surface area contributed by atoms with Crippen LogP contribution in [0.1, 0.15) is 0 Å². The molecule has 0 radical (unpaired) electrons. The molecule has 0 amide bonds. The summed E-state index contributed by atoms with van der Waals surface area (Å²) in [6, 6.07) is 9.23. The summed E-state index contributed by atoms with van der Waals surface area (Å²) in [4.78, 5) is 0. The van der Waals surface area contributed by atoms with Crippen LogP contribution in [0.2, 0.25) is 5.02 Å². The van der Waals surface area contributed by atoms with E-state index in [-0.39, 0.29) is 0 Å². The standard InChI is InChI=1S/C12H8BrClN4/c13-8-2-4-11-16-17-12(18(11)6-8)7-1-3-10(15)9(14)5-7/h1-6H,15H2. The molecule has 0 unspecified atom stereocenters. The summed E-state index contributed by atoms with van der Waals surface area (Å²) < 4.78 is 2.85. The molecule has 2 aromatic heterocycles. The van der Waals surface area contributed by atoms with E-state index >= 15 is 0 Å². The minimum absolute atomic E-state index is 0.513. The van der Waals surface area contributed by atoms with Crippen LogP contribution in [0.4, 0.5) is 5.69 Å². The number of nitrogens with zero attached hydrogens (tertiary/aromatic N) is 3. The molecule has 3 rings (SSSR count). The van der Waals surface area contributed by atoms with Crippen LogP contribution in [0.5, 0.6) is 0 Å². The van der Waals surface area contributed by atoms with E-state index in [4.69, 9.17) is 17.3 Å². The van der Waals surface area contributed by atoms with E-state index in [0.717, 1.165) is 21.5 Å². The van der Waals surface area contributed by atoms with Crippen molar-refractivity contribution in [1.82, 2.24) is 14.6 Å². The quantitative estimate of drug-likeness (QED) is 0.698. The number of rotatable bonds is 1. The molecular formula is C12H8BrClN4. The van der Waals surface area contributed by atoms with Gasteiger partial charge in [0.05, 0.1) is 10.7 Å². The lowest BCUT2D eigenvalue weighted by molar-refractivity contribution is 1.11. The van der Waals surface area contributed by atoms with Crippen LogP contribution in [-0.2, 0) is 0 Å². The van der Waals surface area contributed by atoms with E-state index in [1.807, 2.05) is 28.8 Å². The van der Waals surface area contributed by atoms with Gasteiger partial charge in [0.15, 0.2) is 11.5 Å². The number of fused-ring (bicyclic) bond motifs is 1. The van der Waals surface area contributed by atoms with Gasteiger partial charge in [-0.1, -0.05) is 11.6 Å². The lowest BCUT2D eigenvalue weighted by Gasteiger charge is -2.03. The van der Waals surface area contributed by atoms with Gasteiger partial charge in [-0.15, -0.1) is 10.2 Å². The Kier molecular flexibility index (Phi) is 2.72. The smallest absolute Gasteiger partial charge is 0.168 e. The third kappa shape index (κ3) is 1.85. The van der Waals surface area contributed by atoms with Crippen molar-refractivity contribution < 1.29 is 0 Å². The van der Waals surface area contributed by atoms with Crippen molar-refractivity contribution >= 4 is 38.9 Å². The van der Waals surface area contributed by atoms with Gasteiger partial charge in [-0.3, -0.25) is 4.40 Å². The van der Waals surface area contributed by atoms with E-state index in [0.29, 0.717) is 10.7 Å². The molecule has 0 aliphatic rings. The van der Waals surface area contributed by atoms with Crippen molar-refractivity contribution in [2.45, 2.75) is 0 Å². The van der Waals surface area contributed by atoms with Gasteiger partial charge in [0.25, 0.3) is 0 Å². The van der Waals surface area contributed by atoms with E-state index in [2.05, 4.69) is 26.1 Å². The van der Waals surface area contributed by atoms with E-state index in [1.165, 1.54) is 0 Å². The SMILES string of the molecule is Nc1ccc(-c2nnc3ccc(Br)cn23)cc1Cl. The molecular weight excluding hydrogens is 316 g/mol. The number of benzene rings is 1. The Morgan fingerprint density at radius 2 is 2.00 bits per heavy atom. The first-order chi connectivity index (χ1) is 8.65. The second kappa shape index (κ2) is 4.26. The first-order valence-corrected chi connectivity index (χ1v) is 6.38. The minimum Gasteiger partial charge on any atom is -0.398 e. The van der Waals surface area contributed by atoms with Crippen LogP contribution in [0.3, 0.4) is 0 Å². The van der Waals surface area contributed by atoms with Gasteiger partial charge in [-0.05, 0) is 46.3 Å². The summed E-state index contributed by atoms with van der Waals surface area (Å²) >= 11 is 9.45. The second-order valence-corrected chi connectivity index (χ2v) is 5.16. The maximum atomic E-state index is 6.02. The Bertz CT molecular complexity index is 738. The molecule has 1 aromatic carbocycles. The molecule has 90 valence electrons. The summed E-state index contributed by atoms with van der Waals surface area (Å²) in [6.45, 7) is 0. The Hall–Kier alpha value is -1.59. The number of hydrogen-bond donors (Lipinski definition) is 1. The van der Waals surface area contributed by atoms with Gasteiger partial charge in [-0.2, -0.15) is 0 Å². The van der Waals surface area contributed by atoms with Crippen LogP contribution in [-0.4, -0.2) is 14.6 Å². The van der Waals surface area contributed by atoms with Crippen LogP contribution >= 0.6 is 27.5 Å². The third-order valence-corrected chi connectivity index (χ3v) is 3.42. The maximum absolute atomic E-state index is 6.02. The molecule has 0 saturated carbocycles. The summed E-state index contributed by atoms with van der Waals surface area (Å²) in [5.41, 5.74) is 7.90. The molecule has 2 N–H and O–H groups in total. The molecule has 2 heterocycles. The molecule has 0 aliphatic carbocycles. The van der Waals surface area contributed by atoms with Gasteiger partial charge in [-0.25, -0.2) is 0 Å². The molecule has 0 fully saturated rings. The molecule has 18 heavy (non-hydrogen) atoms. The van der Waals surface area contributed by atoms with E-state index < -0.39 is 0 Å². The number of aromatic nitrogens is 3. The second-order valence-electron chi connectivity index (χ2n) is 3.84. The first-order valence-electron chi connectivity index (χ1n) is 5.21. The fourth-order valence-electron chi connectivity index (χ4n) is 1.73. The van der Waals surface area contributed by atoms with Crippen molar-refractivity contribution in [2.24, 2.45) is 0 Å². The van der Waals surface area contributed by atoms with Crippen molar-refractivity contribution in [2.75, 3.05) is 5.73 Å². The fraction of sp³-hybridized carbons (Fsp3) is 0. The predicted octanol–water partition coefficient (Wildman–Crippen LogP) is 3.39. The Labute approximate surface area is 117 Å². The van der Waals surface area contributed by atoms with Crippen LogP contribution in [0, 0.1) is 0 Å². The van der Waals surface area contributed by atoms with E-state index in [9.17, 15) is 0 Å². The van der Waals surface area contributed by atoms with Crippen molar-refractivity contribution in [3.63, 3.8) is 0 Å². The Morgan fingerprint density at radius 1 is 1.17 bits per heavy atom. The zero-order valence-corrected chi connectivity index (χ0v) is 11.5. The number of hydrogen-bond acceptors (Lipinski definition) is 3. The predicted molar refractivity (Wildman–Crippen MR) is 75.5 cm³/mol. The normalized spacial score (nSPS) is 11.0. The zero-order chi connectivity index (χ0) is 12.7. The molecule has 0 aliphatic heterocycles. The lowest BCUT2D eigenvalue weighted by Crippen LogP contribution is -1.91. The Morgan fingerprint density at radius 3 is 2.78 bits per heavy atom. The van der Waals surface area contributed by atoms with Crippen molar-refractivity contribution in [1.29, 1.82) is 0 Å². The number of anilines is 1. The number of pyridine rings is 1. The molecule has 0 saturated heterocycles. The van der Waals surface area contributed by atoms with E-state index in [1.54, 1.807) is 12.1 Å². The first kappa shape index (κ1) is 11.5. The lowest BCUT2D eigenvalue weighted by atomic mass is 10.2. The number of halogens is 2. The van der Waals surface area contributed by atoms with Gasteiger partial charge < -0.3 is 5.73 Å². The maximum Gasteiger partial charge on any atom is 0.168 e. The number of nitrogens with two attached hydrogens (primary N) is 1. The molecule has 0 bridgehead atoms. The molecule has 0 spiro atoms. The van der Waals surface area contributed by atoms with Crippen LogP contribution in [0.15, 0.2) is 41.0 Å². The van der Waals surface area contributed by atoms with Gasteiger partial charge in [0, 0.05) is 16.2 Å². The monoisotopic (exact) mass is 322 g/mol. The number of nitrogen functional groups attached to an aromatic ring is 1. The average Bonchev–Trinajstić information content (AvgIpc) is 2.75. The highest BCUT2D eigenvalue weighted by Gasteiger charge is 2.09. The molecule has 0 atom stereocenters. The Balaban J connectivity index is 2.24. The molecule has 6 heteroatoms. The van der Waals surface area contributed by atoms with Crippen molar-refractivity contribution in [3.8, 4) is 11.4 Å². The van der Waals surface area contributed by atoms with Crippen LogP contribution < -0.4 is 5.73 Å². The summed E-state index contributed by atoms with van der Waals surface area (Å²) in [7, 11) is 0.